The smallest absolute Gasteiger partial charge is 0.156 e. The molecule has 0 aromatic carbocycles. The number of allylic oxidation sites excluding steroid dienone is 4. The van der Waals surface area contributed by atoms with Crippen LogP contribution in [0.5, 0.6) is 0 Å². The van der Waals surface area contributed by atoms with Gasteiger partial charge in [0.2, 0.25) is 0 Å². The van der Waals surface area contributed by atoms with Gasteiger partial charge in [-0.05, 0) is 61.0 Å². The number of carbonyl (C=O) groups is 2. The Morgan fingerprint density at radius 1 is 1.39 bits per heavy atom. The number of fused-ring (bicyclic) bond motifs is 3. The van der Waals surface area contributed by atoms with Gasteiger partial charge in [-0.2, -0.15) is 5.26 Å². The van der Waals surface area contributed by atoms with E-state index in [-0.39, 0.29) is 28.8 Å². The maximum absolute atomic E-state index is 12.3. The third-order valence-electron chi connectivity index (χ3n) is 7.02. The first-order valence-electron chi connectivity index (χ1n) is 8.64. The fourth-order valence-corrected chi connectivity index (χ4v) is 5.24. The second kappa shape index (κ2) is 5.44. The molecule has 0 bridgehead atoms. The van der Waals surface area contributed by atoms with Crippen LogP contribution in [0.4, 0.5) is 0 Å². The van der Waals surface area contributed by atoms with Gasteiger partial charge >= 0.3 is 0 Å². The van der Waals surface area contributed by atoms with Crippen LogP contribution in [0.25, 0.3) is 0 Å². The van der Waals surface area contributed by atoms with Crippen LogP contribution in [-0.2, 0) is 9.59 Å². The van der Waals surface area contributed by atoms with Crippen molar-refractivity contribution in [3.05, 3.63) is 23.8 Å². The largest absolute Gasteiger partial charge is 0.299 e. The predicted molar refractivity (Wildman–Crippen MR) is 88.3 cm³/mol. The molecule has 122 valence electrons. The van der Waals surface area contributed by atoms with Crippen molar-refractivity contribution in [1.82, 2.24) is 0 Å². The highest BCUT2D eigenvalue weighted by atomic mass is 16.1. The van der Waals surface area contributed by atoms with E-state index < -0.39 is 5.41 Å². The maximum atomic E-state index is 12.3. The van der Waals surface area contributed by atoms with Crippen molar-refractivity contribution in [1.29, 1.82) is 5.26 Å². The number of nitrogens with zero attached hydrogens (tertiary/aromatic N) is 1. The monoisotopic (exact) mass is 311 g/mol. The van der Waals surface area contributed by atoms with E-state index in [1.165, 1.54) is 0 Å². The molecule has 3 aliphatic rings. The number of ketones is 2. The summed E-state index contributed by atoms with van der Waals surface area (Å²) in [5.74, 6) is 1.19. The average Bonchev–Trinajstić information content (AvgIpc) is 2.50. The van der Waals surface area contributed by atoms with Crippen molar-refractivity contribution in [3.63, 3.8) is 0 Å². The summed E-state index contributed by atoms with van der Waals surface area (Å²) < 4.78 is 0. The van der Waals surface area contributed by atoms with Gasteiger partial charge in [-0.3, -0.25) is 9.59 Å². The Morgan fingerprint density at radius 3 is 2.78 bits per heavy atom. The Hall–Kier alpha value is -1.69. The van der Waals surface area contributed by atoms with E-state index in [9.17, 15) is 14.9 Å². The van der Waals surface area contributed by atoms with Gasteiger partial charge in [-0.15, -0.1) is 0 Å². The summed E-state index contributed by atoms with van der Waals surface area (Å²) in [7, 11) is 0. The minimum atomic E-state index is -0.400. The highest BCUT2D eigenvalue weighted by molar-refractivity contribution is 5.92. The summed E-state index contributed by atoms with van der Waals surface area (Å²) in [5, 5.41) is 9.31. The molecule has 3 rings (SSSR count). The first kappa shape index (κ1) is 16.2. The van der Waals surface area contributed by atoms with Crippen LogP contribution in [0, 0.1) is 39.9 Å². The van der Waals surface area contributed by atoms with Gasteiger partial charge in [0.25, 0.3) is 0 Å². The zero-order chi connectivity index (χ0) is 16.8. The van der Waals surface area contributed by atoms with E-state index in [4.69, 9.17) is 0 Å². The number of carbonyl (C=O) groups excluding carboxylic acids is 2. The highest BCUT2D eigenvalue weighted by Crippen LogP contribution is 2.60. The molecule has 0 saturated heterocycles. The van der Waals surface area contributed by atoms with Crippen molar-refractivity contribution in [2.75, 3.05) is 0 Å². The zero-order valence-electron chi connectivity index (χ0n) is 14.3. The molecule has 5 atom stereocenters. The van der Waals surface area contributed by atoms with Gasteiger partial charge in [-0.1, -0.05) is 26.0 Å². The van der Waals surface area contributed by atoms with Crippen molar-refractivity contribution in [2.24, 2.45) is 28.6 Å². The fourth-order valence-electron chi connectivity index (χ4n) is 5.24. The number of hydrogen-bond acceptors (Lipinski definition) is 3. The Kier molecular flexibility index (Phi) is 3.83. The van der Waals surface area contributed by atoms with Gasteiger partial charge in [0.1, 0.15) is 5.78 Å². The number of rotatable bonds is 2. The molecule has 3 aliphatic carbocycles. The lowest BCUT2D eigenvalue weighted by molar-refractivity contribution is -0.135. The fraction of sp³-hybridized carbons (Fsp3) is 0.650. The normalized spacial score (nSPS) is 42.3. The topological polar surface area (TPSA) is 57.9 Å². The molecule has 0 aromatic rings. The molecular weight excluding hydrogens is 286 g/mol. The van der Waals surface area contributed by atoms with E-state index in [1.807, 2.05) is 13.0 Å². The van der Waals surface area contributed by atoms with Gasteiger partial charge in [-0.25, -0.2) is 0 Å². The van der Waals surface area contributed by atoms with Crippen LogP contribution in [0.2, 0.25) is 0 Å². The molecule has 1 saturated carbocycles. The molecule has 1 fully saturated rings. The lowest BCUT2D eigenvalue weighted by atomic mass is 9.48. The van der Waals surface area contributed by atoms with E-state index in [0.717, 1.165) is 24.8 Å². The SMILES string of the molecule is CC(=O)[C@@]1(C)CC[C@H]2[C@@H](C=CC3=CC(=O)CC[C@@]32C)[C@@H]1CC#N. The van der Waals surface area contributed by atoms with Gasteiger partial charge in [0.05, 0.1) is 6.07 Å². The first-order valence-corrected chi connectivity index (χ1v) is 8.64. The summed E-state index contributed by atoms with van der Waals surface area (Å²) in [6, 6.07) is 2.32. The lowest BCUT2D eigenvalue weighted by Gasteiger charge is -2.55. The minimum absolute atomic E-state index is 0.0130. The lowest BCUT2D eigenvalue weighted by Crippen LogP contribution is -2.51. The Morgan fingerprint density at radius 2 is 2.13 bits per heavy atom. The van der Waals surface area contributed by atoms with Crippen LogP contribution in [0.3, 0.4) is 0 Å². The van der Waals surface area contributed by atoms with E-state index in [2.05, 4.69) is 25.1 Å². The Labute approximate surface area is 138 Å². The summed E-state index contributed by atoms with van der Waals surface area (Å²) >= 11 is 0. The Balaban J connectivity index is 2.05. The quantitative estimate of drug-likeness (QED) is 0.774. The summed E-state index contributed by atoms with van der Waals surface area (Å²) in [5.41, 5.74) is 0.764. The van der Waals surface area contributed by atoms with E-state index >= 15 is 0 Å². The van der Waals surface area contributed by atoms with Crippen LogP contribution in [0.1, 0.15) is 52.9 Å². The minimum Gasteiger partial charge on any atom is -0.299 e. The van der Waals surface area contributed by atoms with Crippen LogP contribution < -0.4 is 0 Å². The molecule has 0 radical (unpaired) electrons. The highest BCUT2D eigenvalue weighted by Gasteiger charge is 2.54. The predicted octanol–water partition coefficient (Wildman–Crippen LogP) is 4.00. The van der Waals surface area contributed by atoms with Gasteiger partial charge < -0.3 is 0 Å². The molecule has 0 aliphatic heterocycles. The standard InChI is InChI=1S/C20H25NO2/c1-13(22)19(2)10-7-17-16(18(19)8-11-21)5-4-14-12-15(23)6-9-20(14,17)3/h4-5,12,16-18H,6-10H2,1-3H3/t16-,17+,18+,19-,20+/m1/s1. The van der Waals surface area contributed by atoms with Crippen LogP contribution >= 0.6 is 0 Å². The van der Waals surface area contributed by atoms with Gasteiger partial charge in [0, 0.05) is 18.3 Å². The molecule has 0 unspecified atom stereocenters. The molecule has 3 nitrogen and oxygen atoms in total. The van der Waals surface area contributed by atoms with Gasteiger partial charge in [0.15, 0.2) is 5.78 Å². The zero-order valence-corrected chi connectivity index (χ0v) is 14.3. The third-order valence-corrected chi connectivity index (χ3v) is 7.02. The molecule has 0 N–H and O–H groups in total. The molecule has 23 heavy (non-hydrogen) atoms. The first-order chi connectivity index (χ1) is 10.8. The second-order valence-corrected chi connectivity index (χ2v) is 8.01. The van der Waals surface area contributed by atoms with Crippen LogP contribution in [0.15, 0.2) is 23.8 Å². The van der Waals surface area contributed by atoms with E-state index in [0.29, 0.717) is 18.8 Å². The number of Topliss-reactive ketones (excluding diaryl/α,β-unsaturated/α-hetero) is 1. The third kappa shape index (κ3) is 2.31. The molecule has 0 aromatic heterocycles. The van der Waals surface area contributed by atoms with Crippen molar-refractivity contribution < 1.29 is 9.59 Å². The molecular formula is C20H25NO2. The molecule has 0 amide bonds. The molecule has 0 spiro atoms. The van der Waals surface area contributed by atoms with Crippen molar-refractivity contribution in [3.8, 4) is 6.07 Å². The number of hydrogen-bond donors (Lipinski definition) is 0. The second-order valence-electron chi connectivity index (χ2n) is 8.01. The molecule has 3 heteroatoms. The van der Waals surface area contributed by atoms with E-state index in [1.54, 1.807) is 6.92 Å². The summed E-state index contributed by atoms with van der Waals surface area (Å²) in [4.78, 5) is 24.1. The van der Waals surface area contributed by atoms with Crippen molar-refractivity contribution >= 4 is 11.6 Å². The summed E-state index contributed by atoms with van der Waals surface area (Å²) in [6.45, 7) is 5.98. The van der Waals surface area contributed by atoms with Crippen molar-refractivity contribution in [2.45, 2.75) is 52.9 Å². The Bertz CT molecular complexity index is 653. The number of nitriles is 1. The average molecular weight is 311 g/mol. The molecule has 0 heterocycles. The summed E-state index contributed by atoms with van der Waals surface area (Å²) in [6.07, 6.45) is 9.86. The maximum Gasteiger partial charge on any atom is 0.156 e. The van der Waals surface area contributed by atoms with Crippen LogP contribution in [-0.4, -0.2) is 11.6 Å².